The van der Waals surface area contributed by atoms with Gasteiger partial charge in [-0.2, -0.15) is 0 Å². The minimum atomic E-state index is 0.582. The van der Waals surface area contributed by atoms with Gasteiger partial charge < -0.3 is 9.47 Å². The van der Waals surface area contributed by atoms with Crippen LogP contribution in [0.2, 0.25) is 0 Å². The maximum absolute atomic E-state index is 5.80. The Labute approximate surface area is 104 Å². The van der Waals surface area contributed by atoms with Gasteiger partial charge in [-0.25, -0.2) is 0 Å². The quantitative estimate of drug-likeness (QED) is 0.747. The van der Waals surface area contributed by atoms with Crippen LogP contribution in [0.4, 0.5) is 0 Å². The van der Waals surface area contributed by atoms with Crippen LogP contribution in [-0.4, -0.2) is 44.4 Å². The van der Waals surface area contributed by atoms with E-state index in [1.54, 1.807) is 0 Å². The van der Waals surface area contributed by atoms with Gasteiger partial charge in [0.25, 0.3) is 0 Å². The molecule has 0 unspecified atom stereocenters. The second-order valence-corrected chi connectivity index (χ2v) is 4.95. The lowest BCUT2D eigenvalue weighted by molar-refractivity contribution is 0.0279. The molecule has 0 aromatic rings. The fourth-order valence-corrected chi connectivity index (χ4v) is 2.10. The third-order valence-corrected chi connectivity index (χ3v) is 3.60. The number of rotatable bonds is 4. The van der Waals surface area contributed by atoms with Crippen molar-refractivity contribution in [1.82, 2.24) is 4.90 Å². The van der Waals surface area contributed by atoms with E-state index in [0.29, 0.717) is 11.8 Å². The minimum absolute atomic E-state index is 0.582. The van der Waals surface area contributed by atoms with Gasteiger partial charge in [0.2, 0.25) is 0 Å². The third-order valence-electron chi connectivity index (χ3n) is 3.60. The molecule has 1 aliphatic heterocycles. The van der Waals surface area contributed by atoms with Gasteiger partial charge in [0, 0.05) is 19.6 Å². The first kappa shape index (κ1) is 12.7. The Bertz CT molecular complexity index is 293. The number of hydrogen-bond acceptors (Lipinski definition) is 3. The van der Waals surface area contributed by atoms with Crippen LogP contribution in [0.15, 0.2) is 24.0 Å². The summed E-state index contributed by atoms with van der Waals surface area (Å²) in [4.78, 5) is 2.39. The molecule has 3 nitrogen and oxygen atoms in total. The lowest BCUT2D eigenvalue weighted by Gasteiger charge is -2.27. The van der Waals surface area contributed by atoms with Crippen molar-refractivity contribution in [3.8, 4) is 0 Å². The molecule has 0 saturated carbocycles. The summed E-state index contributed by atoms with van der Waals surface area (Å²) in [6, 6.07) is 0. The summed E-state index contributed by atoms with van der Waals surface area (Å²) >= 11 is 0. The van der Waals surface area contributed by atoms with E-state index >= 15 is 0 Å². The molecule has 2 rings (SSSR count). The van der Waals surface area contributed by atoms with Gasteiger partial charge in [0.05, 0.1) is 13.2 Å². The predicted molar refractivity (Wildman–Crippen MR) is 68.8 cm³/mol. The monoisotopic (exact) mass is 237 g/mol. The zero-order valence-electron chi connectivity index (χ0n) is 10.9. The summed E-state index contributed by atoms with van der Waals surface area (Å²) in [5.41, 5.74) is 0. The standard InChI is InChI=1S/C14H23NO2/c1-12-3-4-14(11-13(12)2)17-10-7-15-5-8-16-9-6-15/h3-4,11-13H,5-10H2,1-2H3/t12-,13+/m0/s1. The van der Waals surface area contributed by atoms with Crippen LogP contribution in [0.3, 0.4) is 0 Å². The van der Waals surface area contributed by atoms with Crippen molar-refractivity contribution < 1.29 is 9.47 Å². The number of hydrogen-bond donors (Lipinski definition) is 0. The summed E-state index contributed by atoms with van der Waals surface area (Å²) < 4.78 is 11.1. The van der Waals surface area contributed by atoms with Crippen LogP contribution >= 0.6 is 0 Å². The van der Waals surface area contributed by atoms with Gasteiger partial charge in [-0.05, 0) is 24.0 Å². The van der Waals surface area contributed by atoms with E-state index in [0.717, 1.165) is 45.2 Å². The van der Waals surface area contributed by atoms with Crippen molar-refractivity contribution in [2.75, 3.05) is 39.5 Å². The van der Waals surface area contributed by atoms with E-state index in [-0.39, 0.29) is 0 Å². The minimum Gasteiger partial charge on any atom is -0.493 e. The molecule has 96 valence electrons. The Hall–Kier alpha value is -0.800. The Kier molecular flexibility index (Phi) is 4.63. The van der Waals surface area contributed by atoms with E-state index in [2.05, 4.69) is 37.0 Å². The molecular weight excluding hydrogens is 214 g/mol. The van der Waals surface area contributed by atoms with Crippen molar-refractivity contribution >= 4 is 0 Å². The Morgan fingerprint density at radius 3 is 2.76 bits per heavy atom. The summed E-state index contributed by atoms with van der Waals surface area (Å²) in [7, 11) is 0. The van der Waals surface area contributed by atoms with E-state index in [1.165, 1.54) is 0 Å². The molecule has 0 N–H and O–H groups in total. The van der Waals surface area contributed by atoms with Crippen LogP contribution in [0.25, 0.3) is 0 Å². The summed E-state index contributed by atoms with van der Waals surface area (Å²) in [5.74, 6) is 2.24. The van der Waals surface area contributed by atoms with Gasteiger partial charge in [0.15, 0.2) is 0 Å². The van der Waals surface area contributed by atoms with Crippen LogP contribution in [0, 0.1) is 11.8 Å². The van der Waals surface area contributed by atoms with Crippen LogP contribution in [0.5, 0.6) is 0 Å². The zero-order valence-corrected chi connectivity index (χ0v) is 10.9. The van der Waals surface area contributed by atoms with Crippen molar-refractivity contribution in [3.63, 3.8) is 0 Å². The molecule has 0 aromatic heterocycles. The van der Waals surface area contributed by atoms with E-state index in [9.17, 15) is 0 Å². The number of nitrogens with zero attached hydrogens (tertiary/aromatic N) is 1. The molecule has 0 bridgehead atoms. The summed E-state index contributed by atoms with van der Waals surface area (Å²) in [5, 5.41) is 0. The molecule has 0 amide bonds. The first-order valence-corrected chi connectivity index (χ1v) is 6.58. The Morgan fingerprint density at radius 2 is 2.06 bits per heavy atom. The molecule has 3 heteroatoms. The van der Waals surface area contributed by atoms with Crippen molar-refractivity contribution in [3.05, 3.63) is 24.0 Å². The molecule has 17 heavy (non-hydrogen) atoms. The van der Waals surface area contributed by atoms with Crippen molar-refractivity contribution in [2.45, 2.75) is 13.8 Å². The Balaban J connectivity index is 1.68. The second kappa shape index (κ2) is 6.22. The van der Waals surface area contributed by atoms with Crippen LogP contribution in [0.1, 0.15) is 13.8 Å². The average Bonchev–Trinajstić information content (AvgIpc) is 2.35. The fraction of sp³-hybridized carbons (Fsp3) is 0.714. The third kappa shape index (κ3) is 3.86. The molecule has 1 aliphatic carbocycles. The molecule has 1 heterocycles. The van der Waals surface area contributed by atoms with Crippen molar-refractivity contribution in [2.24, 2.45) is 11.8 Å². The summed E-state index contributed by atoms with van der Waals surface area (Å²) in [6.07, 6.45) is 6.56. The maximum atomic E-state index is 5.80. The molecule has 1 fully saturated rings. The molecule has 2 aliphatic rings. The summed E-state index contributed by atoms with van der Waals surface area (Å²) in [6.45, 7) is 10.0. The van der Waals surface area contributed by atoms with Crippen LogP contribution in [-0.2, 0) is 9.47 Å². The smallest absolute Gasteiger partial charge is 0.115 e. The molecular formula is C14H23NO2. The fourth-order valence-electron chi connectivity index (χ4n) is 2.10. The molecule has 0 aromatic carbocycles. The van der Waals surface area contributed by atoms with Gasteiger partial charge in [-0.1, -0.05) is 19.9 Å². The normalized spacial score (nSPS) is 30.1. The lowest BCUT2D eigenvalue weighted by atomic mass is 9.91. The van der Waals surface area contributed by atoms with Gasteiger partial charge in [0.1, 0.15) is 12.4 Å². The number of morpholine rings is 1. The van der Waals surface area contributed by atoms with Gasteiger partial charge >= 0.3 is 0 Å². The lowest BCUT2D eigenvalue weighted by Crippen LogP contribution is -2.38. The van der Waals surface area contributed by atoms with Crippen molar-refractivity contribution in [1.29, 1.82) is 0 Å². The van der Waals surface area contributed by atoms with Crippen LogP contribution < -0.4 is 0 Å². The molecule has 1 saturated heterocycles. The molecule has 2 atom stereocenters. The van der Waals surface area contributed by atoms with E-state index in [1.807, 2.05) is 0 Å². The highest BCUT2D eigenvalue weighted by Crippen LogP contribution is 2.22. The maximum Gasteiger partial charge on any atom is 0.115 e. The first-order valence-electron chi connectivity index (χ1n) is 6.58. The predicted octanol–water partition coefficient (Wildman–Crippen LogP) is 2.06. The molecule has 0 radical (unpaired) electrons. The first-order chi connectivity index (χ1) is 8.25. The van der Waals surface area contributed by atoms with Gasteiger partial charge in [-0.15, -0.1) is 0 Å². The van der Waals surface area contributed by atoms with Gasteiger partial charge in [-0.3, -0.25) is 4.90 Å². The highest BCUT2D eigenvalue weighted by atomic mass is 16.5. The number of ether oxygens (including phenoxy) is 2. The zero-order chi connectivity index (χ0) is 12.1. The highest BCUT2D eigenvalue weighted by molar-refractivity contribution is 5.19. The Morgan fingerprint density at radius 1 is 1.29 bits per heavy atom. The largest absolute Gasteiger partial charge is 0.493 e. The SMILES string of the molecule is C[C@@H]1C=C(OCCN2CCOCC2)C=C[C@@H]1C. The van der Waals surface area contributed by atoms with E-state index < -0.39 is 0 Å². The topological polar surface area (TPSA) is 21.7 Å². The highest BCUT2D eigenvalue weighted by Gasteiger charge is 2.13. The number of allylic oxidation sites excluding steroid dienone is 3. The van der Waals surface area contributed by atoms with E-state index in [4.69, 9.17) is 9.47 Å². The average molecular weight is 237 g/mol. The molecule has 0 spiro atoms. The second-order valence-electron chi connectivity index (χ2n) is 4.95.